The highest BCUT2D eigenvalue weighted by Gasteiger charge is 2.21. The van der Waals surface area contributed by atoms with Crippen LogP contribution in [0.5, 0.6) is 0 Å². The Morgan fingerprint density at radius 2 is 2.28 bits per heavy atom. The van der Waals surface area contributed by atoms with E-state index in [-0.39, 0.29) is 12.0 Å². The fourth-order valence-electron chi connectivity index (χ4n) is 2.24. The molecule has 1 aliphatic rings. The fraction of sp³-hybridized carbons (Fsp3) is 0.923. The monoisotopic (exact) mass is 256 g/mol. The third-order valence-electron chi connectivity index (χ3n) is 3.13. The number of ether oxygens (including phenoxy) is 2. The number of hydrogen-bond acceptors (Lipinski definition) is 5. The second-order valence-corrected chi connectivity index (χ2v) is 4.98. The molecular formula is C13H24N2O3. The van der Waals surface area contributed by atoms with Gasteiger partial charge in [0.1, 0.15) is 0 Å². The van der Waals surface area contributed by atoms with E-state index >= 15 is 0 Å². The van der Waals surface area contributed by atoms with Crippen LogP contribution < -0.4 is 0 Å². The third kappa shape index (κ3) is 5.78. The van der Waals surface area contributed by atoms with E-state index in [0.29, 0.717) is 19.8 Å². The number of hydrogen-bond donors (Lipinski definition) is 1. The molecule has 0 aliphatic carbocycles. The first-order chi connectivity index (χ1) is 8.65. The molecule has 1 rings (SSSR count). The summed E-state index contributed by atoms with van der Waals surface area (Å²) in [5.74, 6) is 0.110. The van der Waals surface area contributed by atoms with Gasteiger partial charge in [0.25, 0.3) is 0 Å². The van der Waals surface area contributed by atoms with Crippen LogP contribution in [-0.4, -0.2) is 62.2 Å². The standard InChI is InChI=1S/C13H24N2O3/c1-11(9-17-2)18-10-13(16)8-15-5-3-4-12(6-14)7-15/h11-13,16H,3-5,7-10H2,1-2H3. The molecule has 0 amide bonds. The first-order valence-corrected chi connectivity index (χ1v) is 6.56. The maximum Gasteiger partial charge on any atom is 0.0900 e. The summed E-state index contributed by atoms with van der Waals surface area (Å²) in [5.41, 5.74) is 0. The molecule has 0 aromatic heterocycles. The third-order valence-corrected chi connectivity index (χ3v) is 3.13. The summed E-state index contributed by atoms with van der Waals surface area (Å²) in [5, 5.41) is 18.8. The van der Waals surface area contributed by atoms with Gasteiger partial charge in [-0.3, -0.25) is 4.90 Å². The molecule has 0 radical (unpaired) electrons. The quantitative estimate of drug-likeness (QED) is 0.724. The van der Waals surface area contributed by atoms with Crippen molar-refractivity contribution in [2.45, 2.75) is 32.0 Å². The molecule has 3 unspecified atom stereocenters. The Hall–Kier alpha value is -0.670. The molecule has 0 aromatic rings. The summed E-state index contributed by atoms with van der Waals surface area (Å²) in [6, 6.07) is 2.30. The van der Waals surface area contributed by atoms with Crippen LogP contribution in [0.2, 0.25) is 0 Å². The molecular weight excluding hydrogens is 232 g/mol. The fourth-order valence-corrected chi connectivity index (χ4v) is 2.24. The molecule has 1 fully saturated rings. The zero-order chi connectivity index (χ0) is 13.4. The number of nitriles is 1. The summed E-state index contributed by atoms with van der Waals surface area (Å²) >= 11 is 0. The Balaban J connectivity index is 2.19. The largest absolute Gasteiger partial charge is 0.389 e. The van der Waals surface area contributed by atoms with Crippen LogP contribution in [0.4, 0.5) is 0 Å². The molecule has 5 nitrogen and oxygen atoms in total. The van der Waals surface area contributed by atoms with Crippen molar-refractivity contribution in [2.75, 3.05) is 40.0 Å². The zero-order valence-electron chi connectivity index (χ0n) is 11.3. The highest BCUT2D eigenvalue weighted by atomic mass is 16.5. The van der Waals surface area contributed by atoms with Crippen molar-refractivity contribution in [2.24, 2.45) is 5.92 Å². The van der Waals surface area contributed by atoms with E-state index in [0.717, 1.165) is 25.9 Å². The Kier molecular flexibility index (Phi) is 7.21. The van der Waals surface area contributed by atoms with Gasteiger partial charge in [-0.1, -0.05) is 0 Å². The van der Waals surface area contributed by atoms with E-state index in [1.807, 2.05) is 6.92 Å². The molecule has 1 N–H and O–H groups in total. The number of aliphatic hydroxyl groups excluding tert-OH is 1. The van der Waals surface area contributed by atoms with E-state index in [2.05, 4.69) is 11.0 Å². The number of rotatable bonds is 7. The van der Waals surface area contributed by atoms with Gasteiger partial charge in [-0.25, -0.2) is 0 Å². The van der Waals surface area contributed by atoms with Crippen LogP contribution in [0.15, 0.2) is 0 Å². The van der Waals surface area contributed by atoms with Gasteiger partial charge >= 0.3 is 0 Å². The average Bonchev–Trinajstić information content (AvgIpc) is 2.37. The second kappa shape index (κ2) is 8.44. The average molecular weight is 256 g/mol. The molecule has 1 saturated heterocycles. The Bertz CT molecular complexity index is 267. The number of β-amino-alcohol motifs (C(OH)–C–C–N with tert-alkyl or cyclic N) is 1. The lowest BCUT2D eigenvalue weighted by molar-refractivity contribution is -0.0416. The summed E-state index contributed by atoms with van der Waals surface area (Å²) in [6.45, 7) is 5.08. The highest BCUT2D eigenvalue weighted by molar-refractivity contribution is 4.88. The molecule has 104 valence electrons. The van der Waals surface area contributed by atoms with E-state index in [4.69, 9.17) is 14.7 Å². The van der Waals surface area contributed by atoms with Gasteiger partial charge in [0, 0.05) is 20.2 Å². The van der Waals surface area contributed by atoms with Gasteiger partial charge in [0.05, 0.1) is 37.4 Å². The second-order valence-electron chi connectivity index (χ2n) is 4.98. The summed E-state index contributed by atoms with van der Waals surface area (Å²) in [7, 11) is 1.63. The van der Waals surface area contributed by atoms with Crippen LogP contribution in [0.3, 0.4) is 0 Å². The lowest BCUT2D eigenvalue weighted by Crippen LogP contribution is -2.41. The maximum absolute atomic E-state index is 9.89. The van der Waals surface area contributed by atoms with Crippen molar-refractivity contribution < 1.29 is 14.6 Å². The van der Waals surface area contributed by atoms with E-state index in [1.54, 1.807) is 7.11 Å². The van der Waals surface area contributed by atoms with Gasteiger partial charge in [0.15, 0.2) is 0 Å². The highest BCUT2D eigenvalue weighted by Crippen LogP contribution is 2.15. The molecule has 1 aliphatic heterocycles. The maximum atomic E-state index is 9.89. The topological polar surface area (TPSA) is 65.7 Å². The van der Waals surface area contributed by atoms with Crippen molar-refractivity contribution >= 4 is 0 Å². The van der Waals surface area contributed by atoms with E-state index < -0.39 is 6.10 Å². The molecule has 0 spiro atoms. The Labute approximate surface area is 109 Å². The van der Waals surface area contributed by atoms with Crippen molar-refractivity contribution in [3.8, 4) is 6.07 Å². The number of likely N-dealkylation sites (tertiary alicyclic amines) is 1. The van der Waals surface area contributed by atoms with Crippen molar-refractivity contribution in [1.29, 1.82) is 5.26 Å². The first-order valence-electron chi connectivity index (χ1n) is 6.56. The summed E-state index contributed by atoms with van der Waals surface area (Å²) in [6.07, 6.45) is 1.51. The molecule has 1 heterocycles. The van der Waals surface area contributed by atoms with Crippen molar-refractivity contribution in [3.05, 3.63) is 0 Å². The minimum atomic E-state index is -0.498. The smallest absolute Gasteiger partial charge is 0.0900 e. The van der Waals surface area contributed by atoms with Gasteiger partial charge in [0.2, 0.25) is 0 Å². The molecule has 0 aromatic carbocycles. The van der Waals surface area contributed by atoms with Crippen molar-refractivity contribution in [1.82, 2.24) is 4.90 Å². The predicted molar refractivity (Wildman–Crippen MR) is 68.1 cm³/mol. The van der Waals surface area contributed by atoms with E-state index in [1.165, 1.54) is 0 Å². The molecule has 18 heavy (non-hydrogen) atoms. The number of piperidine rings is 1. The lowest BCUT2D eigenvalue weighted by Gasteiger charge is -2.31. The number of nitrogens with zero attached hydrogens (tertiary/aromatic N) is 2. The van der Waals surface area contributed by atoms with Gasteiger partial charge in [-0.2, -0.15) is 5.26 Å². The first kappa shape index (κ1) is 15.4. The molecule has 3 atom stereocenters. The number of methoxy groups -OCH3 is 1. The van der Waals surface area contributed by atoms with Gasteiger partial charge < -0.3 is 14.6 Å². The lowest BCUT2D eigenvalue weighted by atomic mass is 9.99. The molecule has 0 bridgehead atoms. The van der Waals surface area contributed by atoms with Crippen molar-refractivity contribution in [3.63, 3.8) is 0 Å². The Morgan fingerprint density at radius 1 is 1.50 bits per heavy atom. The molecule has 0 saturated carbocycles. The van der Waals surface area contributed by atoms with Crippen LogP contribution >= 0.6 is 0 Å². The molecule has 5 heteroatoms. The minimum Gasteiger partial charge on any atom is -0.389 e. The van der Waals surface area contributed by atoms with E-state index in [9.17, 15) is 5.11 Å². The van der Waals surface area contributed by atoms with Gasteiger partial charge in [-0.05, 0) is 26.3 Å². The van der Waals surface area contributed by atoms with Crippen LogP contribution in [-0.2, 0) is 9.47 Å². The Morgan fingerprint density at radius 3 is 2.94 bits per heavy atom. The summed E-state index contributed by atoms with van der Waals surface area (Å²) < 4.78 is 10.4. The summed E-state index contributed by atoms with van der Waals surface area (Å²) in [4.78, 5) is 2.15. The number of aliphatic hydroxyl groups is 1. The minimum absolute atomic E-state index is 0.00198. The predicted octanol–water partition coefficient (Wildman–Crippen LogP) is 0.634. The SMILES string of the molecule is COCC(C)OCC(O)CN1CCCC(C#N)C1. The van der Waals surface area contributed by atoms with Crippen LogP contribution in [0.1, 0.15) is 19.8 Å². The van der Waals surface area contributed by atoms with Gasteiger partial charge in [-0.15, -0.1) is 0 Å². The van der Waals surface area contributed by atoms with Crippen LogP contribution in [0, 0.1) is 17.2 Å². The normalized spacial score (nSPS) is 24.4. The zero-order valence-corrected chi connectivity index (χ0v) is 11.3. The van der Waals surface area contributed by atoms with Crippen LogP contribution in [0.25, 0.3) is 0 Å².